The summed E-state index contributed by atoms with van der Waals surface area (Å²) in [5.74, 6) is 1.58. The summed E-state index contributed by atoms with van der Waals surface area (Å²) in [6.45, 7) is 12.8. The van der Waals surface area contributed by atoms with Crippen LogP contribution in [0.4, 0.5) is 0 Å². The van der Waals surface area contributed by atoms with Crippen LogP contribution in [0.2, 0.25) is 0 Å². The molecule has 0 bridgehead atoms. The van der Waals surface area contributed by atoms with E-state index in [0.717, 1.165) is 24.2 Å². The Morgan fingerprint density at radius 3 is 1.73 bits per heavy atom. The van der Waals surface area contributed by atoms with Crippen LogP contribution in [-0.4, -0.2) is 20.0 Å². The quantitative estimate of drug-likeness (QED) is 0.424. The Labute approximate surface area is 184 Å². The van der Waals surface area contributed by atoms with Gasteiger partial charge in [0.1, 0.15) is 11.5 Å². The Morgan fingerprint density at radius 1 is 0.767 bits per heavy atom. The van der Waals surface area contributed by atoms with Gasteiger partial charge >= 0.3 is 0 Å². The standard InChI is InChI=1S/C23H30O3.2C2H6/c1-17(13-19-9-11-22(26-4)12-10-19)14-23(24)18(2)15-20-5-7-21(8-6-20)16-25-3;2*1-2/h5-12,17-18H,13-16H2,1-4H3;2*1-2H3. The molecule has 0 spiro atoms. The fourth-order valence-corrected chi connectivity index (χ4v) is 3.19. The maximum absolute atomic E-state index is 12.6. The van der Waals surface area contributed by atoms with Crippen LogP contribution in [-0.2, 0) is 29.0 Å². The summed E-state index contributed by atoms with van der Waals surface area (Å²) >= 11 is 0. The molecule has 0 N–H and O–H groups in total. The molecular formula is C27H42O3. The van der Waals surface area contributed by atoms with E-state index in [-0.39, 0.29) is 5.92 Å². The molecule has 0 amide bonds. The van der Waals surface area contributed by atoms with E-state index in [1.807, 2.05) is 46.8 Å². The highest BCUT2D eigenvalue weighted by molar-refractivity contribution is 5.81. The van der Waals surface area contributed by atoms with Crippen molar-refractivity contribution in [1.29, 1.82) is 0 Å². The minimum Gasteiger partial charge on any atom is -0.497 e. The van der Waals surface area contributed by atoms with E-state index >= 15 is 0 Å². The van der Waals surface area contributed by atoms with E-state index in [1.54, 1.807) is 14.2 Å². The second-order valence-corrected chi connectivity index (χ2v) is 7.18. The molecule has 30 heavy (non-hydrogen) atoms. The zero-order chi connectivity index (χ0) is 22.9. The zero-order valence-electron chi connectivity index (χ0n) is 20.3. The Balaban J connectivity index is 0.00000198. The predicted octanol–water partition coefficient (Wildman–Crippen LogP) is 6.91. The predicted molar refractivity (Wildman–Crippen MR) is 128 cm³/mol. The van der Waals surface area contributed by atoms with Crippen LogP contribution in [0.15, 0.2) is 48.5 Å². The van der Waals surface area contributed by atoms with E-state index < -0.39 is 0 Å². The SMILES string of the molecule is CC.CC.COCc1ccc(CC(C)C(=O)CC(C)Cc2ccc(OC)cc2)cc1. The molecule has 0 radical (unpaired) electrons. The van der Waals surface area contributed by atoms with Gasteiger partial charge in [-0.25, -0.2) is 0 Å². The summed E-state index contributed by atoms with van der Waals surface area (Å²) in [6, 6.07) is 16.4. The highest BCUT2D eigenvalue weighted by Gasteiger charge is 2.17. The number of Topliss-reactive ketones (excluding diaryl/α,β-unsaturated/α-hetero) is 1. The topological polar surface area (TPSA) is 35.5 Å². The Kier molecular flexibility index (Phi) is 15.5. The minimum absolute atomic E-state index is 0.0431. The Hall–Kier alpha value is -2.13. The molecule has 2 atom stereocenters. The maximum Gasteiger partial charge on any atom is 0.136 e. The van der Waals surface area contributed by atoms with Crippen LogP contribution >= 0.6 is 0 Å². The van der Waals surface area contributed by atoms with Gasteiger partial charge in [0.15, 0.2) is 0 Å². The average Bonchev–Trinajstić information content (AvgIpc) is 2.78. The molecule has 2 unspecified atom stereocenters. The fourth-order valence-electron chi connectivity index (χ4n) is 3.19. The number of benzene rings is 2. The third-order valence-electron chi connectivity index (χ3n) is 4.72. The minimum atomic E-state index is 0.0431. The van der Waals surface area contributed by atoms with Gasteiger partial charge in [0.2, 0.25) is 0 Å². The molecule has 3 nitrogen and oxygen atoms in total. The van der Waals surface area contributed by atoms with Crippen molar-refractivity contribution < 1.29 is 14.3 Å². The maximum atomic E-state index is 12.6. The van der Waals surface area contributed by atoms with Crippen LogP contribution in [0.1, 0.15) is 64.7 Å². The molecule has 0 aromatic heterocycles. The molecule has 0 heterocycles. The van der Waals surface area contributed by atoms with Crippen LogP contribution in [0, 0.1) is 11.8 Å². The molecule has 2 aromatic carbocycles. The van der Waals surface area contributed by atoms with Gasteiger partial charge in [-0.3, -0.25) is 4.79 Å². The van der Waals surface area contributed by atoms with E-state index in [9.17, 15) is 4.79 Å². The molecule has 168 valence electrons. The molecule has 2 aromatic rings. The van der Waals surface area contributed by atoms with E-state index in [2.05, 4.69) is 43.3 Å². The third kappa shape index (κ3) is 10.6. The number of hydrogen-bond donors (Lipinski definition) is 0. The number of carbonyl (C=O) groups is 1. The number of ketones is 1. The second kappa shape index (κ2) is 16.6. The van der Waals surface area contributed by atoms with Crippen molar-refractivity contribution in [2.24, 2.45) is 11.8 Å². The van der Waals surface area contributed by atoms with Gasteiger partial charge in [0, 0.05) is 19.4 Å². The monoisotopic (exact) mass is 414 g/mol. The molecule has 0 fully saturated rings. The zero-order valence-corrected chi connectivity index (χ0v) is 20.3. The van der Waals surface area contributed by atoms with E-state index in [0.29, 0.717) is 24.7 Å². The number of ether oxygens (including phenoxy) is 2. The lowest BCUT2D eigenvalue weighted by molar-refractivity contribution is -0.123. The average molecular weight is 415 g/mol. The number of hydrogen-bond acceptors (Lipinski definition) is 3. The third-order valence-corrected chi connectivity index (χ3v) is 4.72. The van der Waals surface area contributed by atoms with Crippen molar-refractivity contribution in [3.8, 4) is 5.75 Å². The molecule has 0 aliphatic rings. The molecule has 0 saturated carbocycles. The largest absolute Gasteiger partial charge is 0.497 e. The summed E-state index contributed by atoms with van der Waals surface area (Å²) < 4.78 is 10.3. The normalized spacial score (nSPS) is 11.9. The number of rotatable bonds is 10. The van der Waals surface area contributed by atoms with Crippen molar-refractivity contribution in [2.45, 2.75) is 67.4 Å². The van der Waals surface area contributed by atoms with E-state index in [1.165, 1.54) is 11.1 Å². The summed E-state index contributed by atoms with van der Waals surface area (Å²) in [7, 11) is 3.37. The first-order valence-electron chi connectivity index (χ1n) is 11.2. The highest BCUT2D eigenvalue weighted by Crippen LogP contribution is 2.19. The lowest BCUT2D eigenvalue weighted by atomic mass is 9.89. The van der Waals surface area contributed by atoms with Gasteiger partial charge in [-0.2, -0.15) is 0 Å². The molecular weight excluding hydrogens is 372 g/mol. The summed E-state index contributed by atoms with van der Waals surface area (Å²) in [6.07, 6.45) is 2.32. The Bertz CT molecular complexity index is 674. The van der Waals surface area contributed by atoms with Crippen molar-refractivity contribution in [2.75, 3.05) is 14.2 Å². The summed E-state index contributed by atoms with van der Waals surface area (Å²) in [5.41, 5.74) is 3.60. The van der Waals surface area contributed by atoms with Gasteiger partial charge < -0.3 is 9.47 Å². The summed E-state index contributed by atoms with van der Waals surface area (Å²) in [5, 5.41) is 0. The Morgan fingerprint density at radius 2 is 1.23 bits per heavy atom. The number of carbonyl (C=O) groups excluding carboxylic acids is 1. The van der Waals surface area contributed by atoms with Gasteiger partial charge in [-0.15, -0.1) is 0 Å². The highest BCUT2D eigenvalue weighted by atomic mass is 16.5. The first-order valence-corrected chi connectivity index (χ1v) is 11.2. The number of methoxy groups -OCH3 is 2. The van der Waals surface area contributed by atoms with Crippen molar-refractivity contribution in [1.82, 2.24) is 0 Å². The van der Waals surface area contributed by atoms with Crippen molar-refractivity contribution >= 4 is 5.78 Å². The molecule has 2 rings (SSSR count). The molecule has 0 saturated heterocycles. The van der Waals surface area contributed by atoms with Crippen LogP contribution < -0.4 is 4.74 Å². The van der Waals surface area contributed by atoms with Gasteiger partial charge in [0.25, 0.3) is 0 Å². The lowest BCUT2D eigenvalue weighted by Crippen LogP contribution is -2.17. The van der Waals surface area contributed by atoms with E-state index in [4.69, 9.17) is 9.47 Å². The van der Waals surface area contributed by atoms with Gasteiger partial charge in [-0.1, -0.05) is 77.9 Å². The fraction of sp³-hybridized carbons (Fsp3) is 0.519. The molecule has 0 aliphatic carbocycles. The molecule has 0 aliphatic heterocycles. The van der Waals surface area contributed by atoms with Crippen molar-refractivity contribution in [3.05, 3.63) is 65.2 Å². The second-order valence-electron chi connectivity index (χ2n) is 7.18. The first-order chi connectivity index (χ1) is 14.5. The smallest absolute Gasteiger partial charge is 0.136 e. The van der Waals surface area contributed by atoms with Gasteiger partial charge in [0.05, 0.1) is 13.7 Å². The lowest BCUT2D eigenvalue weighted by Gasteiger charge is -2.15. The molecule has 3 heteroatoms. The van der Waals surface area contributed by atoms with Crippen LogP contribution in [0.5, 0.6) is 5.75 Å². The van der Waals surface area contributed by atoms with Crippen LogP contribution in [0.3, 0.4) is 0 Å². The van der Waals surface area contributed by atoms with Gasteiger partial charge in [-0.05, 0) is 47.6 Å². The van der Waals surface area contributed by atoms with Crippen LogP contribution in [0.25, 0.3) is 0 Å². The summed E-state index contributed by atoms with van der Waals surface area (Å²) in [4.78, 5) is 12.6. The first kappa shape index (κ1) is 27.9. The van der Waals surface area contributed by atoms with Crippen molar-refractivity contribution in [3.63, 3.8) is 0 Å².